The van der Waals surface area contributed by atoms with Crippen LogP contribution in [0.25, 0.3) is 0 Å². The van der Waals surface area contributed by atoms with Crippen LogP contribution in [0.3, 0.4) is 0 Å². The van der Waals surface area contributed by atoms with Gasteiger partial charge in [0.25, 0.3) is 0 Å². The summed E-state index contributed by atoms with van der Waals surface area (Å²) >= 11 is 0. The molecule has 1 atom stereocenters. The molecule has 6 nitrogen and oxygen atoms in total. The van der Waals surface area contributed by atoms with E-state index in [4.69, 9.17) is 14.2 Å². The van der Waals surface area contributed by atoms with Crippen LogP contribution in [0.15, 0.2) is 109 Å². The predicted molar refractivity (Wildman–Crippen MR) is 353 cm³/mol. The second-order valence-corrected chi connectivity index (χ2v) is 22.7. The van der Waals surface area contributed by atoms with Gasteiger partial charge in [0.05, 0.1) is 0 Å². The van der Waals surface area contributed by atoms with Crippen molar-refractivity contribution in [2.24, 2.45) is 0 Å². The van der Waals surface area contributed by atoms with Crippen molar-refractivity contribution in [3.8, 4) is 0 Å². The van der Waals surface area contributed by atoms with Crippen molar-refractivity contribution in [1.29, 1.82) is 0 Å². The Balaban J connectivity index is 4.02. The zero-order valence-electron chi connectivity index (χ0n) is 53.3. The van der Waals surface area contributed by atoms with Crippen LogP contribution < -0.4 is 0 Å². The molecule has 0 aliphatic rings. The average Bonchev–Trinajstić information content (AvgIpc) is 3.47. The van der Waals surface area contributed by atoms with Crippen LogP contribution in [0.2, 0.25) is 0 Å². The molecule has 0 saturated carbocycles. The Kier molecular flexibility index (Phi) is 65.2. The smallest absolute Gasteiger partial charge is 0.306 e. The van der Waals surface area contributed by atoms with Crippen LogP contribution in [0.4, 0.5) is 0 Å². The van der Waals surface area contributed by atoms with E-state index in [0.717, 1.165) is 116 Å². The van der Waals surface area contributed by atoms with Crippen LogP contribution in [0.1, 0.15) is 329 Å². The second kappa shape index (κ2) is 68.6. The lowest BCUT2D eigenvalue weighted by Gasteiger charge is -2.18. The fourth-order valence-electron chi connectivity index (χ4n) is 9.63. The summed E-state index contributed by atoms with van der Waals surface area (Å²) in [5, 5.41) is 0. The van der Waals surface area contributed by atoms with Crippen LogP contribution in [0.5, 0.6) is 0 Å². The summed E-state index contributed by atoms with van der Waals surface area (Å²) in [5.74, 6) is -0.887. The van der Waals surface area contributed by atoms with Gasteiger partial charge in [-0.25, -0.2) is 0 Å². The SMILES string of the molecule is CC/C=C\C/C=C\C/C=C\C/C=C\C/C=C\C/C=C\C/C=C\C/C=C\CCCCCCCCCCCCC(=O)OCC(COC(=O)CCCCCCC)OC(=O)CCCCCCCCCCCCC/C=C\CCCCCCCCCC. The first-order chi connectivity index (χ1) is 40.0. The van der Waals surface area contributed by atoms with E-state index in [-0.39, 0.29) is 31.1 Å². The Hall–Kier alpha value is -3.93. The number of hydrogen-bond acceptors (Lipinski definition) is 6. The molecule has 0 aromatic rings. The van der Waals surface area contributed by atoms with Gasteiger partial charge in [-0.05, 0) is 109 Å². The molecule has 0 aliphatic carbocycles. The molecule has 0 fully saturated rings. The zero-order chi connectivity index (χ0) is 58.5. The number of esters is 3. The molecule has 0 N–H and O–H groups in total. The largest absolute Gasteiger partial charge is 0.462 e. The van der Waals surface area contributed by atoms with E-state index < -0.39 is 6.10 Å². The number of ether oxygens (including phenoxy) is 3. The van der Waals surface area contributed by atoms with Gasteiger partial charge in [0.2, 0.25) is 0 Å². The molecule has 0 rings (SSSR count). The van der Waals surface area contributed by atoms with Crippen LogP contribution in [-0.2, 0) is 28.6 Å². The number of carbonyl (C=O) groups excluding carboxylic acids is 3. The molecule has 0 radical (unpaired) electrons. The van der Waals surface area contributed by atoms with Gasteiger partial charge in [0.15, 0.2) is 6.10 Å². The number of rotatable bonds is 62. The maximum atomic E-state index is 12.8. The van der Waals surface area contributed by atoms with Crippen molar-refractivity contribution in [2.45, 2.75) is 335 Å². The fraction of sp³-hybridized carbons (Fsp3) is 0.720. The third kappa shape index (κ3) is 66.8. The van der Waals surface area contributed by atoms with Crippen molar-refractivity contribution in [2.75, 3.05) is 13.2 Å². The Labute approximate surface area is 501 Å². The van der Waals surface area contributed by atoms with Gasteiger partial charge in [-0.15, -0.1) is 0 Å². The standard InChI is InChI=1S/C75H128O6/c1-4-7-10-13-15-17-19-21-23-25-27-29-31-32-33-34-35-36-37-38-39-40-41-42-44-45-47-49-51-53-55-57-59-62-65-68-74(77)80-71-72(70-79-73(76)67-64-61-12-9-6-3)81-75(78)69-66-63-60-58-56-54-52-50-48-46-43-30-28-26-24-22-20-18-16-14-11-8-5-2/h7,10,15,17,21,23,26-29,32-33,35-36,38-39,41-42,72H,4-6,8-9,11-14,16,18-20,22,24-25,30-31,34,37,40,43-71H2,1-3H3/b10-7-,17-15-,23-21-,28-26-,29-27-,33-32-,36-35-,39-38-,42-41-. The lowest BCUT2D eigenvalue weighted by molar-refractivity contribution is -0.167. The first-order valence-corrected chi connectivity index (χ1v) is 34.4. The molecule has 464 valence electrons. The molecule has 0 aromatic carbocycles. The maximum Gasteiger partial charge on any atom is 0.306 e. The fourth-order valence-corrected chi connectivity index (χ4v) is 9.63. The van der Waals surface area contributed by atoms with Crippen molar-refractivity contribution < 1.29 is 28.6 Å². The predicted octanol–water partition coefficient (Wildman–Crippen LogP) is 23.8. The van der Waals surface area contributed by atoms with Crippen molar-refractivity contribution in [3.63, 3.8) is 0 Å². The number of hydrogen-bond donors (Lipinski definition) is 0. The highest BCUT2D eigenvalue weighted by atomic mass is 16.6. The van der Waals surface area contributed by atoms with E-state index in [2.05, 4.69) is 130 Å². The summed E-state index contributed by atoms with van der Waals surface area (Å²) in [6.07, 6.45) is 94.5. The van der Waals surface area contributed by atoms with E-state index in [1.54, 1.807) is 0 Å². The van der Waals surface area contributed by atoms with E-state index >= 15 is 0 Å². The van der Waals surface area contributed by atoms with Crippen molar-refractivity contribution in [1.82, 2.24) is 0 Å². The summed E-state index contributed by atoms with van der Waals surface area (Å²) in [6, 6.07) is 0. The molecule has 1 unspecified atom stereocenters. The molecule has 0 heterocycles. The number of allylic oxidation sites excluding steroid dienone is 18. The minimum Gasteiger partial charge on any atom is -0.462 e. The summed E-state index contributed by atoms with van der Waals surface area (Å²) in [5.41, 5.74) is 0. The van der Waals surface area contributed by atoms with Gasteiger partial charge in [-0.2, -0.15) is 0 Å². The average molecular weight is 1130 g/mol. The first-order valence-electron chi connectivity index (χ1n) is 34.4. The van der Waals surface area contributed by atoms with Crippen molar-refractivity contribution >= 4 is 17.9 Å². The number of unbranched alkanes of at least 4 members (excludes halogenated alkanes) is 33. The lowest BCUT2D eigenvalue weighted by atomic mass is 10.0. The van der Waals surface area contributed by atoms with E-state index in [1.165, 1.54) is 173 Å². The van der Waals surface area contributed by atoms with Gasteiger partial charge >= 0.3 is 17.9 Å². The van der Waals surface area contributed by atoms with E-state index in [0.29, 0.717) is 19.3 Å². The number of carbonyl (C=O) groups is 3. The third-order valence-corrected chi connectivity index (χ3v) is 14.8. The minimum absolute atomic E-state index is 0.0779. The van der Waals surface area contributed by atoms with Gasteiger partial charge in [0.1, 0.15) is 13.2 Å². The summed E-state index contributed by atoms with van der Waals surface area (Å²) in [6.45, 7) is 6.47. The first kappa shape index (κ1) is 77.1. The molecule has 0 aliphatic heterocycles. The second-order valence-electron chi connectivity index (χ2n) is 22.7. The van der Waals surface area contributed by atoms with E-state index in [1.807, 2.05) is 0 Å². The van der Waals surface area contributed by atoms with Crippen molar-refractivity contribution in [3.05, 3.63) is 109 Å². The van der Waals surface area contributed by atoms with Crippen LogP contribution in [0, 0.1) is 0 Å². The molecule has 0 aromatic heterocycles. The van der Waals surface area contributed by atoms with E-state index in [9.17, 15) is 14.4 Å². The molecular weight excluding hydrogens is 997 g/mol. The van der Waals surface area contributed by atoms with Gasteiger partial charge in [-0.1, -0.05) is 310 Å². The monoisotopic (exact) mass is 1120 g/mol. The molecule has 0 saturated heterocycles. The highest BCUT2D eigenvalue weighted by molar-refractivity contribution is 5.71. The molecule has 0 bridgehead atoms. The molecule has 6 heteroatoms. The molecular formula is C75H128O6. The topological polar surface area (TPSA) is 78.9 Å². The lowest BCUT2D eigenvalue weighted by Crippen LogP contribution is -2.30. The third-order valence-electron chi connectivity index (χ3n) is 14.8. The zero-order valence-corrected chi connectivity index (χ0v) is 53.3. The minimum atomic E-state index is -0.777. The van der Waals surface area contributed by atoms with Gasteiger partial charge in [-0.3, -0.25) is 14.4 Å². The molecule has 81 heavy (non-hydrogen) atoms. The Bertz CT molecular complexity index is 1620. The van der Waals surface area contributed by atoms with Crippen LogP contribution in [-0.4, -0.2) is 37.2 Å². The van der Waals surface area contributed by atoms with Gasteiger partial charge < -0.3 is 14.2 Å². The molecule has 0 spiro atoms. The normalized spacial score (nSPS) is 12.8. The Morgan fingerprint density at radius 1 is 0.259 bits per heavy atom. The maximum absolute atomic E-state index is 12.8. The summed E-state index contributed by atoms with van der Waals surface area (Å²) < 4.78 is 16.8. The highest BCUT2D eigenvalue weighted by Gasteiger charge is 2.19. The Morgan fingerprint density at radius 2 is 0.481 bits per heavy atom. The quantitative estimate of drug-likeness (QED) is 0.0261. The summed E-state index contributed by atoms with van der Waals surface area (Å²) in [7, 11) is 0. The summed E-state index contributed by atoms with van der Waals surface area (Å²) in [4.78, 5) is 38.0. The molecule has 0 amide bonds. The van der Waals surface area contributed by atoms with Gasteiger partial charge in [0, 0.05) is 19.3 Å². The highest BCUT2D eigenvalue weighted by Crippen LogP contribution is 2.17. The Morgan fingerprint density at radius 3 is 0.765 bits per heavy atom. The van der Waals surface area contributed by atoms with Crippen LogP contribution >= 0.6 is 0 Å².